The zero-order chi connectivity index (χ0) is 12.0. The lowest BCUT2D eigenvalue weighted by molar-refractivity contribution is 0.272. The molecule has 90 valence electrons. The Bertz CT molecular complexity index is 360. The van der Waals surface area contributed by atoms with Crippen molar-refractivity contribution in [2.45, 2.75) is 17.4 Å². The molecule has 0 aliphatic rings. The number of benzene rings is 1. The smallest absolute Gasteiger partial charge is 0.0545 e. The van der Waals surface area contributed by atoms with Crippen LogP contribution in [0, 0.1) is 0 Å². The molecule has 0 heterocycles. The zero-order valence-corrected chi connectivity index (χ0v) is 11.6. The molecule has 0 amide bonds. The van der Waals surface area contributed by atoms with Crippen LogP contribution in [0.15, 0.2) is 33.6 Å². The van der Waals surface area contributed by atoms with Gasteiger partial charge in [-0.1, -0.05) is 22.0 Å². The summed E-state index contributed by atoms with van der Waals surface area (Å²) in [5, 5.41) is 11.9. The third-order valence-corrected chi connectivity index (χ3v) is 4.28. The zero-order valence-electron chi connectivity index (χ0n) is 9.15. The lowest BCUT2D eigenvalue weighted by atomic mass is 10.2. The van der Waals surface area contributed by atoms with E-state index in [2.05, 4.69) is 21.2 Å². The summed E-state index contributed by atoms with van der Waals surface area (Å²) in [7, 11) is 0.789. The Morgan fingerprint density at radius 2 is 2.31 bits per heavy atom. The van der Waals surface area contributed by atoms with Crippen molar-refractivity contribution in [2.24, 2.45) is 0 Å². The molecule has 0 saturated heterocycles. The minimum atomic E-state index is -1.03. The lowest BCUT2D eigenvalue weighted by Gasteiger charge is -2.14. The fourth-order valence-electron chi connectivity index (χ4n) is 1.35. The van der Waals surface area contributed by atoms with Crippen molar-refractivity contribution in [3.8, 4) is 0 Å². The summed E-state index contributed by atoms with van der Waals surface area (Å²) in [6, 6.07) is 7.58. The Hall–Kier alpha value is -0.230. The van der Waals surface area contributed by atoms with Gasteiger partial charge in [0.1, 0.15) is 0 Å². The van der Waals surface area contributed by atoms with Crippen molar-refractivity contribution in [1.82, 2.24) is 5.32 Å². The molecule has 2 N–H and O–H groups in total. The first kappa shape index (κ1) is 13.8. The highest BCUT2D eigenvalue weighted by atomic mass is 79.9. The number of rotatable bonds is 6. The topological polar surface area (TPSA) is 49.3 Å². The SMILES string of the molecule is CNC(CCO)CS(=O)c1cccc(Br)c1. The van der Waals surface area contributed by atoms with Crippen LogP contribution < -0.4 is 5.32 Å². The van der Waals surface area contributed by atoms with Gasteiger partial charge in [-0.3, -0.25) is 4.21 Å². The number of halogens is 1. The Morgan fingerprint density at radius 3 is 2.88 bits per heavy atom. The monoisotopic (exact) mass is 305 g/mol. The van der Waals surface area contributed by atoms with Crippen LogP contribution in [-0.2, 0) is 10.8 Å². The van der Waals surface area contributed by atoms with Crippen LogP contribution in [0.5, 0.6) is 0 Å². The van der Waals surface area contributed by atoms with Crippen LogP contribution in [0.25, 0.3) is 0 Å². The predicted molar refractivity (Wildman–Crippen MR) is 70.0 cm³/mol. The van der Waals surface area contributed by atoms with Gasteiger partial charge in [0.15, 0.2) is 0 Å². The second-order valence-corrected chi connectivity index (χ2v) is 5.88. The summed E-state index contributed by atoms with van der Waals surface area (Å²) < 4.78 is 12.9. The van der Waals surface area contributed by atoms with Crippen molar-refractivity contribution in [1.29, 1.82) is 0 Å². The first-order valence-corrected chi connectivity index (χ1v) is 7.20. The van der Waals surface area contributed by atoms with E-state index >= 15 is 0 Å². The van der Waals surface area contributed by atoms with Gasteiger partial charge in [-0.05, 0) is 31.7 Å². The molecule has 0 aromatic heterocycles. The van der Waals surface area contributed by atoms with Crippen LogP contribution in [0.3, 0.4) is 0 Å². The third kappa shape index (κ3) is 4.33. The quantitative estimate of drug-likeness (QED) is 0.838. The first-order chi connectivity index (χ1) is 7.67. The molecule has 1 aromatic carbocycles. The summed E-state index contributed by atoms with van der Waals surface area (Å²) in [6.45, 7) is 0.112. The highest BCUT2D eigenvalue weighted by Crippen LogP contribution is 2.15. The second kappa shape index (κ2) is 7.17. The highest BCUT2D eigenvalue weighted by Gasteiger charge is 2.12. The molecule has 5 heteroatoms. The van der Waals surface area contributed by atoms with Gasteiger partial charge in [0.25, 0.3) is 0 Å². The van der Waals surface area contributed by atoms with E-state index in [0.717, 1.165) is 9.37 Å². The Morgan fingerprint density at radius 1 is 1.56 bits per heavy atom. The van der Waals surface area contributed by atoms with Crippen LogP contribution in [0.2, 0.25) is 0 Å². The minimum Gasteiger partial charge on any atom is -0.396 e. The largest absolute Gasteiger partial charge is 0.396 e. The van der Waals surface area contributed by atoms with E-state index in [0.29, 0.717) is 12.2 Å². The average molecular weight is 306 g/mol. The van der Waals surface area contributed by atoms with E-state index < -0.39 is 10.8 Å². The van der Waals surface area contributed by atoms with Crippen molar-refractivity contribution in [3.05, 3.63) is 28.7 Å². The van der Waals surface area contributed by atoms with Gasteiger partial charge < -0.3 is 10.4 Å². The van der Waals surface area contributed by atoms with Crippen molar-refractivity contribution in [3.63, 3.8) is 0 Å². The first-order valence-electron chi connectivity index (χ1n) is 5.09. The van der Waals surface area contributed by atoms with E-state index in [-0.39, 0.29) is 12.6 Å². The fourth-order valence-corrected chi connectivity index (χ4v) is 3.29. The lowest BCUT2D eigenvalue weighted by Crippen LogP contribution is -2.32. The number of aliphatic hydroxyl groups excluding tert-OH is 1. The van der Waals surface area contributed by atoms with Gasteiger partial charge in [-0.2, -0.15) is 0 Å². The standard InChI is InChI=1S/C11H16BrNO2S/c1-13-10(5-6-14)8-16(15)11-4-2-3-9(12)7-11/h2-4,7,10,13-14H,5-6,8H2,1H3. The summed E-state index contributed by atoms with van der Waals surface area (Å²) in [5.41, 5.74) is 0. The molecular weight excluding hydrogens is 290 g/mol. The number of nitrogens with one attached hydrogen (secondary N) is 1. The second-order valence-electron chi connectivity index (χ2n) is 3.47. The van der Waals surface area contributed by atoms with Crippen LogP contribution in [0.4, 0.5) is 0 Å². The maximum Gasteiger partial charge on any atom is 0.0545 e. The molecule has 0 radical (unpaired) electrons. The molecule has 0 spiro atoms. The van der Waals surface area contributed by atoms with Crippen LogP contribution in [0.1, 0.15) is 6.42 Å². The molecule has 0 aliphatic carbocycles. The van der Waals surface area contributed by atoms with E-state index in [4.69, 9.17) is 5.11 Å². The molecule has 2 unspecified atom stereocenters. The molecule has 0 fully saturated rings. The molecule has 0 bridgehead atoms. The molecule has 16 heavy (non-hydrogen) atoms. The van der Waals surface area contributed by atoms with Crippen molar-refractivity contribution < 1.29 is 9.32 Å². The third-order valence-electron chi connectivity index (χ3n) is 2.30. The van der Waals surface area contributed by atoms with Gasteiger partial charge in [0.2, 0.25) is 0 Å². The van der Waals surface area contributed by atoms with Crippen LogP contribution in [-0.4, -0.2) is 34.8 Å². The minimum absolute atomic E-state index is 0.0878. The van der Waals surface area contributed by atoms with E-state index in [1.807, 2.05) is 31.3 Å². The van der Waals surface area contributed by atoms with Gasteiger partial charge in [0.05, 0.1) is 10.8 Å². The maximum absolute atomic E-state index is 12.0. The summed E-state index contributed by atoms with van der Waals surface area (Å²) >= 11 is 3.35. The normalized spacial score (nSPS) is 14.7. The number of aliphatic hydroxyl groups is 1. The van der Waals surface area contributed by atoms with Crippen molar-refractivity contribution >= 4 is 26.7 Å². The van der Waals surface area contributed by atoms with Gasteiger partial charge in [0, 0.05) is 27.8 Å². The summed E-state index contributed by atoms with van der Waals surface area (Å²) in [4.78, 5) is 0.813. The Kier molecular flexibility index (Phi) is 6.20. The molecule has 1 aromatic rings. The molecule has 3 nitrogen and oxygen atoms in total. The highest BCUT2D eigenvalue weighted by molar-refractivity contribution is 9.10. The summed E-state index contributed by atoms with van der Waals surface area (Å²) in [6.07, 6.45) is 0.621. The van der Waals surface area contributed by atoms with E-state index in [1.54, 1.807) is 0 Å². The summed E-state index contributed by atoms with van der Waals surface area (Å²) in [5.74, 6) is 0.521. The predicted octanol–water partition coefficient (Wildman–Crippen LogP) is 1.53. The van der Waals surface area contributed by atoms with E-state index in [1.165, 1.54) is 0 Å². The maximum atomic E-state index is 12.0. The number of hydrogen-bond acceptors (Lipinski definition) is 3. The van der Waals surface area contributed by atoms with Gasteiger partial charge in [-0.15, -0.1) is 0 Å². The average Bonchev–Trinajstić information content (AvgIpc) is 2.28. The van der Waals surface area contributed by atoms with Gasteiger partial charge >= 0.3 is 0 Å². The molecule has 2 atom stereocenters. The molecule has 0 aliphatic heterocycles. The fraction of sp³-hybridized carbons (Fsp3) is 0.455. The van der Waals surface area contributed by atoms with Crippen LogP contribution >= 0.6 is 15.9 Å². The van der Waals surface area contributed by atoms with Gasteiger partial charge in [-0.25, -0.2) is 0 Å². The molecule has 1 rings (SSSR count). The Balaban J connectivity index is 2.64. The number of hydrogen-bond donors (Lipinski definition) is 2. The van der Waals surface area contributed by atoms with E-state index in [9.17, 15) is 4.21 Å². The Labute approximate surface area is 107 Å². The van der Waals surface area contributed by atoms with Crippen molar-refractivity contribution in [2.75, 3.05) is 19.4 Å². The molecular formula is C11H16BrNO2S. The molecule has 0 saturated carbocycles.